The van der Waals surface area contributed by atoms with Crippen LogP contribution in [0.1, 0.15) is 47.1 Å². The van der Waals surface area contributed by atoms with E-state index in [-0.39, 0.29) is 5.91 Å². The molecule has 0 atom stereocenters. The second-order valence-corrected chi connectivity index (χ2v) is 5.99. The van der Waals surface area contributed by atoms with Crippen molar-refractivity contribution in [3.05, 3.63) is 46.8 Å². The van der Waals surface area contributed by atoms with Crippen LogP contribution in [0.4, 0.5) is 0 Å². The highest BCUT2D eigenvalue weighted by atomic mass is 16.5. The lowest BCUT2D eigenvalue weighted by atomic mass is 10.1. The van der Waals surface area contributed by atoms with Crippen LogP contribution >= 0.6 is 0 Å². The summed E-state index contributed by atoms with van der Waals surface area (Å²) >= 11 is 0. The number of aromatic nitrogens is 2. The molecule has 1 aromatic heterocycles. The minimum atomic E-state index is -0.145. The van der Waals surface area contributed by atoms with E-state index in [9.17, 15) is 4.79 Å². The molecule has 1 amide bonds. The first-order valence-corrected chi connectivity index (χ1v) is 8.54. The molecule has 0 radical (unpaired) electrons. The van der Waals surface area contributed by atoms with Gasteiger partial charge in [-0.25, -0.2) is 0 Å². The molecule has 1 aromatic carbocycles. The fraction of sp³-hybridized carbons (Fsp3) is 0.444. The van der Waals surface area contributed by atoms with Crippen LogP contribution < -0.4 is 15.4 Å². The Morgan fingerprint density at radius 1 is 1.42 bits per heavy atom. The van der Waals surface area contributed by atoms with Crippen molar-refractivity contribution in [2.45, 2.75) is 39.3 Å². The molecule has 2 aromatic rings. The van der Waals surface area contributed by atoms with Crippen molar-refractivity contribution < 1.29 is 9.53 Å². The molecule has 0 spiro atoms. The normalized spacial score (nSPS) is 13.4. The van der Waals surface area contributed by atoms with E-state index in [2.05, 4.69) is 27.8 Å². The fourth-order valence-electron chi connectivity index (χ4n) is 2.76. The van der Waals surface area contributed by atoms with Crippen LogP contribution in [0.3, 0.4) is 0 Å². The first-order chi connectivity index (χ1) is 11.8. The smallest absolute Gasteiger partial charge is 0.272 e. The van der Waals surface area contributed by atoms with Gasteiger partial charge in [0.2, 0.25) is 0 Å². The van der Waals surface area contributed by atoms with Gasteiger partial charge in [-0.2, -0.15) is 5.10 Å². The van der Waals surface area contributed by atoms with Gasteiger partial charge in [0.1, 0.15) is 5.75 Å². The molecule has 128 valence electrons. The van der Waals surface area contributed by atoms with Gasteiger partial charge in [0.05, 0.1) is 6.61 Å². The molecule has 0 bridgehead atoms. The van der Waals surface area contributed by atoms with Gasteiger partial charge in [0, 0.05) is 37.3 Å². The van der Waals surface area contributed by atoms with E-state index >= 15 is 0 Å². The largest absolute Gasteiger partial charge is 0.494 e. The van der Waals surface area contributed by atoms with E-state index in [0.29, 0.717) is 18.8 Å². The average molecular weight is 328 g/mol. The molecule has 6 nitrogen and oxygen atoms in total. The number of carbonyl (C=O) groups is 1. The number of ether oxygens (including phenoxy) is 1. The number of benzene rings is 1. The number of aromatic amines is 1. The third-order valence-corrected chi connectivity index (χ3v) is 4.14. The van der Waals surface area contributed by atoms with Crippen molar-refractivity contribution in [3.63, 3.8) is 0 Å². The number of unbranched alkanes of at least 4 members (excludes halogenated alkanes) is 1. The Morgan fingerprint density at radius 3 is 3.21 bits per heavy atom. The predicted molar refractivity (Wildman–Crippen MR) is 92.0 cm³/mol. The standard InChI is InChI=1S/C18H24N4O2/c1-2-3-9-24-14-6-4-5-13(10-14)11-20-18(23)17-15-12-19-8-7-16(15)21-22-17/h4-6,10,19H,2-3,7-9,11-12H2,1H3,(H,20,23)(H,21,22). The van der Waals surface area contributed by atoms with Crippen LogP contribution in [0.15, 0.2) is 24.3 Å². The van der Waals surface area contributed by atoms with E-state index in [1.54, 1.807) is 0 Å². The Bertz CT molecular complexity index is 696. The Labute approximate surface area is 142 Å². The molecular weight excluding hydrogens is 304 g/mol. The third-order valence-electron chi connectivity index (χ3n) is 4.14. The number of fused-ring (bicyclic) bond motifs is 1. The van der Waals surface area contributed by atoms with Crippen molar-refractivity contribution in [3.8, 4) is 5.75 Å². The van der Waals surface area contributed by atoms with Crippen molar-refractivity contribution in [1.29, 1.82) is 0 Å². The quantitative estimate of drug-likeness (QED) is 0.681. The SMILES string of the molecule is CCCCOc1cccc(CNC(=O)c2n[nH]c3c2CNCC3)c1. The van der Waals surface area contributed by atoms with Gasteiger partial charge in [0.25, 0.3) is 5.91 Å². The maximum absolute atomic E-state index is 12.4. The van der Waals surface area contributed by atoms with E-state index in [1.807, 2.05) is 24.3 Å². The molecule has 24 heavy (non-hydrogen) atoms. The summed E-state index contributed by atoms with van der Waals surface area (Å²) in [5.74, 6) is 0.699. The molecule has 6 heteroatoms. The average Bonchev–Trinajstić information content (AvgIpc) is 3.04. The van der Waals surface area contributed by atoms with Gasteiger partial charge >= 0.3 is 0 Å². The number of nitrogens with one attached hydrogen (secondary N) is 3. The van der Waals surface area contributed by atoms with Crippen LogP contribution in [0.5, 0.6) is 5.75 Å². The number of nitrogens with zero attached hydrogens (tertiary/aromatic N) is 1. The predicted octanol–water partition coefficient (Wildman–Crippen LogP) is 2.16. The first kappa shape index (κ1) is 16.5. The monoisotopic (exact) mass is 328 g/mol. The topological polar surface area (TPSA) is 79.0 Å². The van der Waals surface area contributed by atoms with Crippen LogP contribution in [-0.2, 0) is 19.5 Å². The second kappa shape index (κ2) is 7.97. The zero-order valence-electron chi connectivity index (χ0n) is 14.0. The Hall–Kier alpha value is -2.34. The number of carbonyl (C=O) groups excluding carboxylic acids is 1. The minimum Gasteiger partial charge on any atom is -0.494 e. The summed E-state index contributed by atoms with van der Waals surface area (Å²) in [6.07, 6.45) is 3.03. The molecule has 1 aliphatic rings. The minimum absolute atomic E-state index is 0.145. The highest BCUT2D eigenvalue weighted by molar-refractivity contribution is 5.94. The van der Waals surface area contributed by atoms with E-state index in [4.69, 9.17) is 4.74 Å². The number of hydrogen-bond acceptors (Lipinski definition) is 4. The number of rotatable bonds is 7. The Morgan fingerprint density at radius 2 is 2.33 bits per heavy atom. The maximum Gasteiger partial charge on any atom is 0.272 e. The van der Waals surface area contributed by atoms with Gasteiger partial charge in [-0.05, 0) is 24.1 Å². The molecule has 0 saturated heterocycles. The summed E-state index contributed by atoms with van der Waals surface area (Å²) < 4.78 is 5.70. The van der Waals surface area contributed by atoms with Crippen LogP contribution in [0.2, 0.25) is 0 Å². The summed E-state index contributed by atoms with van der Waals surface area (Å²) in [4.78, 5) is 12.4. The van der Waals surface area contributed by atoms with Gasteiger partial charge in [0.15, 0.2) is 5.69 Å². The van der Waals surface area contributed by atoms with Crippen molar-refractivity contribution in [1.82, 2.24) is 20.8 Å². The molecular formula is C18H24N4O2. The molecule has 2 heterocycles. The first-order valence-electron chi connectivity index (χ1n) is 8.54. The van der Waals surface area contributed by atoms with Gasteiger partial charge < -0.3 is 15.4 Å². The van der Waals surface area contributed by atoms with Crippen molar-refractivity contribution in [2.75, 3.05) is 13.2 Å². The summed E-state index contributed by atoms with van der Waals surface area (Å²) in [7, 11) is 0. The lowest BCUT2D eigenvalue weighted by Crippen LogP contribution is -2.28. The summed E-state index contributed by atoms with van der Waals surface area (Å²) in [6.45, 7) is 4.92. The molecule has 3 N–H and O–H groups in total. The highest BCUT2D eigenvalue weighted by Gasteiger charge is 2.21. The highest BCUT2D eigenvalue weighted by Crippen LogP contribution is 2.16. The number of amides is 1. The van der Waals surface area contributed by atoms with Gasteiger partial charge in [-0.1, -0.05) is 25.5 Å². The van der Waals surface area contributed by atoms with Crippen molar-refractivity contribution >= 4 is 5.91 Å². The number of hydrogen-bond donors (Lipinski definition) is 3. The zero-order valence-corrected chi connectivity index (χ0v) is 14.0. The molecule has 1 aliphatic heterocycles. The number of H-pyrrole nitrogens is 1. The van der Waals surface area contributed by atoms with Gasteiger partial charge in [-0.3, -0.25) is 9.89 Å². The maximum atomic E-state index is 12.4. The lowest BCUT2D eigenvalue weighted by Gasteiger charge is -2.13. The molecule has 0 saturated carbocycles. The van der Waals surface area contributed by atoms with E-state index < -0.39 is 0 Å². The Kier molecular flexibility index (Phi) is 5.48. The summed E-state index contributed by atoms with van der Waals surface area (Å²) in [5, 5.41) is 13.4. The fourth-order valence-corrected chi connectivity index (χ4v) is 2.76. The van der Waals surface area contributed by atoms with E-state index in [1.165, 1.54) is 0 Å². The van der Waals surface area contributed by atoms with Crippen LogP contribution in [0, 0.1) is 0 Å². The van der Waals surface area contributed by atoms with Crippen molar-refractivity contribution in [2.24, 2.45) is 0 Å². The second-order valence-electron chi connectivity index (χ2n) is 5.99. The molecule has 0 unspecified atom stereocenters. The molecule has 0 fully saturated rings. The third kappa shape index (κ3) is 3.94. The van der Waals surface area contributed by atoms with Gasteiger partial charge in [-0.15, -0.1) is 0 Å². The summed E-state index contributed by atoms with van der Waals surface area (Å²) in [5.41, 5.74) is 3.55. The molecule has 0 aliphatic carbocycles. The Balaban J connectivity index is 1.58. The zero-order chi connectivity index (χ0) is 16.8. The molecule has 3 rings (SSSR count). The van der Waals surface area contributed by atoms with Crippen LogP contribution in [0.25, 0.3) is 0 Å². The lowest BCUT2D eigenvalue weighted by molar-refractivity contribution is 0.0944. The summed E-state index contributed by atoms with van der Waals surface area (Å²) in [6, 6.07) is 7.84. The van der Waals surface area contributed by atoms with E-state index in [0.717, 1.165) is 55.0 Å². The van der Waals surface area contributed by atoms with Crippen LogP contribution in [-0.4, -0.2) is 29.3 Å².